The van der Waals surface area contributed by atoms with Gasteiger partial charge in [-0.15, -0.1) is 5.10 Å². The summed E-state index contributed by atoms with van der Waals surface area (Å²) in [5, 5.41) is 13.1. The van der Waals surface area contributed by atoms with Crippen molar-refractivity contribution in [3.63, 3.8) is 0 Å². The van der Waals surface area contributed by atoms with Gasteiger partial charge in [-0.25, -0.2) is 9.59 Å². The van der Waals surface area contributed by atoms with E-state index < -0.39 is 11.7 Å². The van der Waals surface area contributed by atoms with E-state index in [1.54, 1.807) is 38.1 Å². The fourth-order valence-corrected chi connectivity index (χ4v) is 1.95. The molecule has 0 aliphatic rings. The van der Waals surface area contributed by atoms with Gasteiger partial charge in [-0.1, -0.05) is 12.1 Å². The van der Waals surface area contributed by atoms with Gasteiger partial charge in [0.2, 0.25) is 5.82 Å². The van der Waals surface area contributed by atoms with Crippen LogP contribution >= 0.6 is 0 Å². The molecule has 1 aromatic carbocycles. The Morgan fingerprint density at radius 3 is 2.50 bits per heavy atom. The molecule has 0 unspecified atom stereocenters. The third-order valence-electron chi connectivity index (χ3n) is 2.83. The van der Waals surface area contributed by atoms with Gasteiger partial charge in [-0.3, -0.25) is 4.57 Å². The van der Waals surface area contributed by atoms with E-state index >= 15 is 0 Å². The second-order valence-corrected chi connectivity index (χ2v) is 4.46. The molecule has 0 aliphatic heterocycles. The van der Waals surface area contributed by atoms with Gasteiger partial charge >= 0.3 is 11.7 Å². The Hall–Kier alpha value is -2.57. The molecular formula is C13H15N3O4. The maximum absolute atomic E-state index is 12.3. The van der Waals surface area contributed by atoms with Crippen LogP contribution in [0.4, 0.5) is 0 Å². The normalized spacial score (nSPS) is 10.8. The average molecular weight is 277 g/mol. The zero-order valence-electron chi connectivity index (χ0n) is 11.4. The minimum atomic E-state index is -1.25. The molecule has 0 saturated heterocycles. The third kappa shape index (κ3) is 2.18. The molecule has 1 N–H and O–H groups in total. The molecule has 0 amide bonds. The van der Waals surface area contributed by atoms with Crippen LogP contribution in [-0.4, -0.2) is 32.5 Å². The summed E-state index contributed by atoms with van der Waals surface area (Å²) < 4.78 is 7.35. The highest BCUT2D eigenvalue weighted by molar-refractivity contribution is 5.83. The molecule has 0 fully saturated rings. The van der Waals surface area contributed by atoms with E-state index in [2.05, 4.69) is 5.10 Å². The first-order valence-electron chi connectivity index (χ1n) is 6.05. The van der Waals surface area contributed by atoms with Crippen molar-refractivity contribution in [2.45, 2.75) is 19.9 Å². The Bertz CT molecular complexity index is 700. The number of aromatic nitrogens is 3. The molecule has 2 rings (SSSR count). The molecule has 1 aromatic heterocycles. The number of carbonyl (C=O) groups is 1. The number of hydrogen-bond acceptors (Lipinski definition) is 4. The maximum atomic E-state index is 12.3. The Kier molecular flexibility index (Phi) is 3.60. The summed E-state index contributed by atoms with van der Waals surface area (Å²) in [5.41, 5.74) is -0.108. The number of ether oxygens (including phenoxy) is 1. The van der Waals surface area contributed by atoms with Crippen molar-refractivity contribution in [1.29, 1.82) is 0 Å². The predicted octanol–water partition coefficient (Wildman–Crippen LogP) is 1.32. The number of aromatic carboxylic acids is 1. The van der Waals surface area contributed by atoms with Crippen LogP contribution in [-0.2, 0) is 0 Å². The second-order valence-electron chi connectivity index (χ2n) is 4.46. The van der Waals surface area contributed by atoms with E-state index in [-0.39, 0.29) is 11.9 Å². The average Bonchev–Trinajstić information content (AvgIpc) is 2.76. The van der Waals surface area contributed by atoms with Crippen LogP contribution in [0.2, 0.25) is 0 Å². The van der Waals surface area contributed by atoms with Gasteiger partial charge in [0.05, 0.1) is 7.11 Å². The molecule has 0 spiro atoms. The number of hydrogen-bond donors (Lipinski definition) is 1. The zero-order valence-corrected chi connectivity index (χ0v) is 11.4. The van der Waals surface area contributed by atoms with Crippen molar-refractivity contribution in [2.24, 2.45) is 0 Å². The van der Waals surface area contributed by atoms with Crippen LogP contribution < -0.4 is 10.4 Å². The van der Waals surface area contributed by atoms with Crippen molar-refractivity contribution < 1.29 is 14.6 Å². The standard InChI is InChI=1S/C13H15N3O4/c1-8(2)15-11(12(17)18)14-16(13(15)19)9-6-4-5-7-10(9)20-3/h4-8H,1-3H3,(H,17,18). The van der Waals surface area contributed by atoms with Crippen LogP contribution in [0.1, 0.15) is 30.5 Å². The number of para-hydroxylation sites is 2. The van der Waals surface area contributed by atoms with Crippen molar-refractivity contribution in [3.8, 4) is 11.4 Å². The molecule has 0 atom stereocenters. The lowest BCUT2D eigenvalue weighted by atomic mass is 10.3. The van der Waals surface area contributed by atoms with E-state index in [1.165, 1.54) is 7.11 Å². The third-order valence-corrected chi connectivity index (χ3v) is 2.83. The van der Waals surface area contributed by atoms with E-state index in [0.29, 0.717) is 11.4 Å². The largest absolute Gasteiger partial charge is 0.494 e. The first kappa shape index (κ1) is 13.9. The topological polar surface area (TPSA) is 86.3 Å². The minimum absolute atomic E-state index is 0.295. The molecule has 106 valence electrons. The van der Waals surface area contributed by atoms with Crippen molar-refractivity contribution in [3.05, 3.63) is 40.6 Å². The first-order valence-corrected chi connectivity index (χ1v) is 6.05. The SMILES string of the molecule is COc1ccccc1-n1nc(C(=O)O)n(C(C)C)c1=O. The lowest BCUT2D eigenvalue weighted by Gasteiger charge is -2.07. The summed E-state index contributed by atoms with van der Waals surface area (Å²) in [6, 6.07) is 6.49. The summed E-state index contributed by atoms with van der Waals surface area (Å²) in [7, 11) is 1.47. The molecular weight excluding hydrogens is 262 g/mol. The molecule has 20 heavy (non-hydrogen) atoms. The number of carboxylic acid groups (broad SMARTS) is 1. The fourth-order valence-electron chi connectivity index (χ4n) is 1.95. The highest BCUT2D eigenvalue weighted by atomic mass is 16.5. The maximum Gasteiger partial charge on any atom is 0.374 e. The number of rotatable bonds is 4. The quantitative estimate of drug-likeness (QED) is 0.910. The number of methoxy groups -OCH3 is 1. The smallest absolute Gasteiger partial charge is 0.374 e. The number of benzene rings is 1. The van der Waals surface area contributed by atoms with E-state index in [4.69, 9.17) is 9.84 Å². The van der Waals surface area contributed by atoms with Gasteiger partial charge in [0.15, 0.2) is 0 Å². The Balaban J connectivity index is 2.73. The van der Waals surface area contributed by atoms with Crippen LogP contribution in [0.25, 0.3) is 5.69 Å². The van der Waals surface area contributed by atoms with Crippen LogP contribution in [0.5, 0.6) is 5.75 Å². The molecule has 0 aliphatic carbocycles. The second kappa shape index (κ2) is 5.20. The van der Waals surface area contributed by atoms with Gasteiger partial charge in [0.1, 0.15) is 11.4 Å². The summed E-state index contributed by atoms with van der Waals surface area (Å²) in [6.45, 7) is 3.45. The molecule has 0 radical (unpaired) electrons. The molecule has 1 heterocycles. The van der Waals surface area contributed by atoms with Crippen molar-refractivity contribution >= 4 is 5.97 Å². The monoisotopic (exact) mass is 277 g/mol. The highest BCUT2D eigenvalue weighted by Crippen LogP contribution is 2.20. The predicted molar refractivity (Wildman–Crippen MR) is 71.7 cm³/mol. The van der Waals surface area contributed by atoms with Gasteiger partial charge < -0.3 is 9.84 Å². The lowest BCUT2D eigenvalue weighted by molar-refractivity contribution is 0.0675. The van der Waals surface area contributed by atoms with Crippen LogP contribution in [0, 0.1) is 0 Å². The molecule has 2 aromatic rings. The molecule has 7 nitrogen and oxygen atoms in total. The summed E-state index contributed by atoms with van der Waals surface area (Å²) in [6.07, 6.45) is 0. The van der Waals surface area contributed by atoms with Crippen molar-refractivity contribution in [1.82, 2.24) is 14.3 Å². The van der Waals surface area contributed by atoms with Gasteiger partial charge in [0, 0.05) is 6.04 Å². The van der Waals surface area contributed by atoms with Gasteiger partial charge in [0.25, 0.3) is 0 Å². The number of carboxylic acids is 1. The van der Waals surface area contributed by atoms with Gasteiger partial charge in [-0.2, -0.15) is 4.68 Å². The summed E-state index contributed by atoms with van der Waals surface area (Å²) >= 11 is 0. The van der Waals surface area contributed by atoms with E-state index in [0.717, 1.165) is 9.25 Å². The fraction of sp³-hybridized carbons (Fsp3) is 0.308. The van der Waals surface area contributed by atoms with Gasteiger partial charge in [-0.05, 0) is 26.0 Å². The van der Waals surface area contributed by atoms with Crippen LogP contribution in [0.3, 0.4) is 0 Å². The molecule has 7 heteroatoms. The Labute approximate surface area is 115 Å². The van der Waals surface area contributed by atoms with E-state index in [9.17, 15) is 9.59 Å². The molecule has 0 saturated carbocycles. The minimum Gasteiger partial charge on any atom is -0.494 e. The highest BCUT2D eigenvalue weighted by Gasteiger charge is 2.22. The summed E-state index contributed by atoms with van der Waals surface area (Å²) in [4.78, 5) is 23.6. The zero-order chi connectivity index (χ0) is 14.9. The lowest BCUT2D eigenvalue weighted by Crippen LogP contribution is -2.26. The number of nitrogens with zero attached hydrogens (tertiary/aromatic N) is 3. The van der Waals surface area contributed by atoms with Crippen LogP contribution in [0.15, 0.2) is 29.1 Å². The molecule has 0 bridgehead atoms. The first-order chi connectivity index (χ1) is 9.47. The van der Waals surface area contributed by atoms with Crippen molar-refractivity contribution in [2.75, 3.05) is 7.11 Å². The van der Waals surface area contributed by atoms with E-state index in [1.807, 2.05) is 0 Å². The Morgan fingerprint density at radius 2 is 2.00 bits per heavy atom. The summed E-state index contributed by atoms with van der Waals surface area (Å²) in [5.74, 6) is -1.10. The Morgan fingerprint density at radius 1 is 1.35 bits per heavy atom.